The lowest BCUT2D eigenvalue weighted by molar-refractivity contribution is -0.121. The van der Waals surface area contributed by atoms with Crippen molar-refractivity contribution < 1.29 is 13.6 Å². The van der Waals surface area contributed by atoms with Crippen LogP contribution in [-0.2, 0) is 17.6 Å². The van der Waals surface area contributed by atoms with Crippen LogP contribution in [0.25, 0.3) is 6.08 Å². The van der Waals surface area contributed by atoms with Crippen molar-refractivity contribution in [2.45, 2.75) is 51.0 Å². The van der Waals surface area contributed by atoms with E-state index in [4.69, 9.17) is 9.41 Å². The van der Waals surface area contributed by atoms with Crippen LogP contribution < -0.4 is 5.32 Å². The molecule has 0 bridgehead atoms. The number of aryl methyl sites for hydroxylation is 2. The third-order valence-electron chi connectivity index (χ3n) is 6.62. The van der Waals surface area contributed by atoms with E-state index < -0.39 is 0 Å². The molecule has 5 rings (SSSR count). The Labute approximate surface area is 204 Å². The standard InChI is InChI=1S/C29H28FN3O2/c1-3-19-4-6-20(7-5-19)22-14-25(32-27(15-22)21-8-10-23(30)11-9-21)17-29(34)33-24-12-13-26-28(16-24)35-18(2)31-26/h3-11,14,22,24H,1,12-13,15-17H2,2H3,(H,33,34). The Morgan fingerprint density at radius 3 is 2.69 bits per heavy atom. The van der Waals surface area contributed by atoms with Gasteiger partial charge in [-0.2, -0.15) is 0 Å². The molecule has 2 heterocycles. The molecule has 1 aromatic heterocycles. The molecular weight excluding hydrogens is 441 g/mol. The number of halogens is 1. The highest BCUT2D eigenvalue weighted by molar-refractivity contribution is 6.02. The fraction of sp³-hybridized carbons (Fsp3) is 0.276. The Kier molecular flexibility index (Phi) is 6.45. The third kappa shape index (κ3) is 5.32. The largest absolute Gasteiger partial charge is 0.446 e. The molecule has 2 aliphatic rings. The predicted molar refractivity (Wildman–Crippen MR) is 135 cm³/mol. The molecule has 2 unspecified atom stereocenters. The van der Waals surface area contributed by atoms with E-state index in [1.165, 1.54) is 12.1 Å². The van der Waals surface area contributed by atoms with Gasteiger partial charge in [0.2, 0.25) is 5.91 Å². The van der Waals surface area contributed by atoms with Crippen LogP contribution in [0.2, 0.25) is 0 Å². The maximum atomic E-state index is 13.5. The van der Waals surface area contributed by atoms with Gasteiger partial charge in [-0.05, 0) is 41.7 Å². The molecule has 0 fully saturated rings. The summed E-state index contributed by atoms with van der Waals surface area (Å²) in [5.74, 6) is 1.27. The minimum absolute atomic E-state index is 0.0225. The van der Waals surface area contributed by atoms with Gasteiger partial charge in [0, 0.05) is 43.1 Å². The van der Waals surface area contributed by atoms with Crippen molar-refractivity contribution in [2.75, 3.05) is 0 Å². The van der Waals surface area contributed by atoms with Crippen molar-refractivity contribution in [1.82, 2.24) is 10.3 Å². The number of benzene rings is 2. The number of amides is 1. The SMILES string of the molecule is C=Cc1ccc(C2C=C(CC(=O)NC3CCc4nc(C)oc4C3)N=C(c3ccc(F)cc3)C2)cc1. The van der Waals surface area contributed by atoms with Gasteiger partial charge in [-0.15, -0.1) is 0 Å². The molecule has 178 valence electrons. The van der Waals surface area contributed by atoms with E-state index in [2.05, 4.69) is 35.1 Å². The first-order valence-electron chi connectivity index (χ1n) is 12.0. The quantitative estimate of drug-likeness (QED) is 0.504. The Balaban J connectivity index is 1.34. The number of fused-ring (bicyclic) bond motifs is 1. The molecular formula is C29H28FN3O2. The van der Waals surface area contributed by atoms with Gasteiger partial charge in [-0.25, -0.2) is 9.37 Å². The molecule has 1 amide bonds. The maximum Gasteiger partial charge on any atom is 0.226 e. The van der Waals surface area contributed by atoms with Gasteiger partial charge >= 0.3 is 0 Å². The van der Waals surface area contributed by atoms with Gasteiger partial charge in [0.05, 0.1) is 12.1 Å². The molecule has 0 radical (unpaired) electrons. The Hall–Kier alpha value is -3.80. The minimum Gasteiger partial charge on any atom is -0.446 e. The van der Waals surface area contributed by atoms with E-state index in [1.54, 1.807) is 12.1 Å². The number of nitrogens with zero attached hydrogens (tertiary/aromatic N) is 2. The van der Waals surface area contributed by atoms with E-state index in [9.17, 15) is 9.18 Å². The first kappa shape index (κ1) is 23.0. The second kappa shape index (κ2) is 9.82. The maximum absolute atomic E-state index is 13.5. The summed E-state index contributed by atoms with van der Waals surface area (Å²) < 4.78 is 19.2. The van der Waals surface area contributed by atoms with Gasteiger partial charge in [0.15, 0.2) is 5.89 Å². The fourth-order valence-corrected chi connectivity index (χ4v) is 4.84. The van der Waals surface area contributed by atoms with Gasteiger partial charge in [-0.3, -0.25) is 9.79 Å². The summed E-state index contributed by atoms with van der Waals surface area (Å²) in [4.78, 5) is 22.2. The molecule has 0 spiro atoms. The first-order valence-corrected chi connectivity index (χ1v) is 12.0. The summed E-state index contributed by atoms with van der Waals surface area (Å²) in [5.41, 5.74) is 5.64. The van der Waals surface area contributed by atoms with Crippen LogP contribution in [0.3, 0.4) is 0 Å². The van der Waals surface area contributed by atoms with E-state index in [0.29, 0.717) is 18.7 Å². The molecule has 5 nitrogen and oxygen atoms in total. The minimum atomic E-state index is -0.283. The molecule has 35 heavy (non-hydrogen) atoms. The average molecular weight is 470 g/mol. The highest BCUT2D eigenvalue weighted by Crippen LogP contribution is 2.31. The molecule has 0 saturated heterocycles. The third-order valence-corrected chi connectivity index (χ3v) is 6.62. The molecule has 1 aliphatic carbocycles. The number of carbonyl (C=O) groups is 1. The van der Waals surface area contributed by atoms with Gasteiger partial charge in [0.25, 0.3) is 0 Å². The summed E-state index contributed by atoms with van der Waals surface area (Å²) in [6.07, 6.45) is 7.06. The summed E-state index contributed by atoms with van der Waals surface area (Å²) in [6, 6.07) is 14.6. The van der Waals surface area contributed by atoms with Crippen molar-refractivity contribution >= 4 is 17.7 Å². The molecule has 1 aliphatic heterocycles. The van der Waals surface area contributed by atoms with E-state index >= 15 is 0 Å². The molecule has 3 aromatic rings. The lowest BCUT2D eigenvalue weighted by Crippen LogP contribution is -2.38. The summed E-state index contributed by atoms with van der Waals surface area (Å²) in [5, 5.41) is 3.15. The van der Waals surface area contributed by atoms with Crippen molar-refractivity contribution in [3.63, 3.8) is 0 Å². The van der Waals surface area contributed by atoms with Crippen molar-refractivity contribution in [2.24, 2.45) is 4.99 Å². The van der Waals surface area contributed by atoms with E-state index in [0.717, 1.165) is 52.4 Å². The molecule has 2 atom stereocenters. The van der Waals surface area contributed by atoms with E-state index in [-0.39, 0.29) is 30.1 Å². The van der Waals surface area contributed by atoms with Crippen LogP contribution >= 0.6 is 0 Å². The molecule has 0 saturated carbocycles. The Morgan fingerprint density at radius 2 is 1.94 bits per heavy atom. The monoisotopic (exact) mass is 469 g/mol. The Morgan fingerprint density at radius 1 is 1.17 bits per heavy atom. The molecule has 6 heteroatoms. The number of hydrogen-bond donors (Lipinski definition) is 1. The second-order valence-corrected chi connectivity index (χ2v) is 9.19. The number of aliphatic imine (C=N–C) groups is 1. The number of allylic oxidation sites excluding steroid dienone is 1. The zero-order valence-corrected chi connectivity index (χ0v) is 19.8. The number of carbonyl (C=O) groups excluding carboxylic acids is 1. The van der Waals surface area contributed by atoms with Crippen molar-refractivity contribution in [3.05, 3.63) is 107 Å². The zero-order chi connectivity index (χ0) is 24.4. The van der Waals surface area contributed by atoms with E-state index in [1.807, 2.05) is 25.1 Å². The fourth-order valence-electron chi connectivity index (χ4n) is 4.84. The molecule has 2 aromatic carbocycles. The van der Waals surface area contributed by atoms with Crippen LogP contribution in [0.5, 0.6) is 0 Å². The first-order chi connectivity index (χ1) is 17.0. The summed E-state index contributed by atoms with van der Waals surface area (Å²) in [6.45, 7) is 5.67. The number of aromatic nitrogens is 1. The zero-order valence-electron chi connectivity index (χ0n) is 19.8. The van der Waals surface area contributed by atoms with Crippen molar-refractivity contribution in [3.8, 4) is 0 Å². The molecule has 1 N–H and O–H groups in total. The van der Waals surface area contributed by atoms with Crippen LogP contribution in [0, 0.1) is 12.7 Å². The average Bonchev–Trinajstić information content (AvgIpc) is 3.23. The summed E-state index contributed by atoms with van der Waals surface area (Å²) >= 11 is 0. The number of rotatable bonds is 6. The topological polar surface area (TPSA) is 67.5 Å². The van der Waals surface area contributed by atoms with Crippen LogP contribution in [0.1, 0.15) is 59.2 Å². The normalized spacial score (nSPS) is 19.4. The highest BCUT2D eigenvalue weighted by atomic mass is 19.1. The summed E-state index contributed by atoms with van der Waals surface area (Å²) in [7, 11) is 0. The van der Waals surface area contributed by atoms with Crippen LogP contribution in [0.4, 0.5) is 4.39 Å². The second-order valence-electron chi connectivity index (χ2n) is 9.19. The van der Waals surface area contributed by atoms with Crippen LogP contribution in [-0.4, -0.2) is 22.6 Å². The van der Waals surface area contributed by atoms with Crippen LogP contribution in [0.15, 0.2) is 76.3 Å². The number of nitrogens with one attached hydrogen (secondary N) is 1. The Bertz CT molecular complexity index is 1300. The highest BCUT2D eigenvalue weighted by Gasteiger charge is 2.26. The van der Waals surface area contributed by atoms with Gasteiger partial charge in [-0.1, -0.05) is 55.1 Å². The van der Waals surface area contributed by atoms with Gasteiger partial charge in [0.1, 0.15) is 11.6 Å². The van der Waals surface area contributed by atoms with Crippen molar-refractivity contribution in [1.29, 1.82) is 0 Å². The predicted octanol–water partition coefficient (Wildman–Crippen LogP) is 5.69. The number of hydrogen-bond acceptors (Lipinski definition) is 4. The lowest BCUT2D eigenvalue weighted by Gasteiger charge is -2.24. The smallest absolute Gasteiger partial charge is 0.226 e. The number of oxazole rings is 1. The lowest BCUT2D eigenvalue weighted by atomic mass is 9.87. The van der Waals surface area contributed by atoms with Gasteiger partial charge < -0.3 is 9.73 Å².